The van der Waals surface area contributed by atoms with Gasteiger partial charge in [0.15, 0.2) is 0 Å². The molecule has 1 heterocycles. The minimum atomic E-state index is -0.788. The van der Waals surface area contributed by atoms with E-state index >= 15 is 0 Å². The molecule has 4 amide bonds. The molecule has 1 aliphatic heterocycles. The normalized spacial score (nSPS) is 16.5. The molecular weight excluding hydrogens is 308 g/mol. The molecular formula is C18H14N2O4. The number of nitrogens with zero attached hydrogens (tertiary/aromatic N) is 1. The molecule has 0 saturated carbocycles. The fourth-order valence-electron chi connectivity index (χ4n) is 2.44. The van der Waals surface area contributed by atoms with Crippen LogP contribution < -0.4 is 10.2 Å². The number of urea groups is 1. The third-order valence-corrected chi connectivity index (χ3v) is 3.54. The summed E-state index contributed by atoms with van der Waals surface area (Å²) in [5.41, 5.74) is 1.56. The van der Waals surface area contributed by atoms with Gasteiger partial charge in [-0.2, -0.15) is 0 Å². The smallest absolute Gasteiger partial charge is 0.335 e. The predicted molar refractivity (Wildman–Crippen MR) is 88.3 cm³/mol. The van der Waals surface area contributed by atoms with Gasteiger partial charge < -0.3 is 5.11 Å². The van der Waals surface area contributed by atoms with Gasteiger partial charge in [-0.25, -0.2) is 9.69 Å². The number of phenolic OH excluding ortho intramolecular Hbond substituents is 1. The highest BCUT2D eigenvalue weighted by Crippen LogP contribution is 2.23. The summed E-state index contributed by atoms with van der Waals surface area (Å²) >= 11 is 0. The maximum atomic E-state index is 12.7. The first-order valence-corrected chi connectivity index (χ1v) is 7.23. The van der Waals surface area contributed by atoms with E-state index in [1.54, 1.807) is 30.3 Å². The van der Waals surface area contributed by atoms with Crippen LogP contribution in [0.3, 0.4) is 0 Å². The van der Waals surface area contributed by atoms with Gasteiger partial charge in [0.05, 0.1) is 5.69 Å². The first-order chi connectivity index (χ1) is 11.5. The second kappa shape index (κ2) is 6.00. The molecule has 0 radical (unpaired) electrons. The average Bonchev–Trinajstić information content (AvgIpc) is 2.51. The van der Waals surface area contributed by atoms with Crippen molar-refractivity contribution >= 4 is 29.6 Å². The van der Waals surface area contributed by atoms with Gasteiger partial charge in [-0.15, -0.1) is 0 Å². The number of aromatic hydroxyl groups is 1. The van der Waals surface area contributed by atoms with E-state index in [2.05, 4.69) is 5.32 Å². The number of hydrogen-bond acceptors (Lipinski definition) is 4. The number of nitrogens with one attached hydrogen (secondary N) is 1. The zero-order valence-electron chi connectivity index (χ0n) is 12.8. The monoisotopic (exact) mass is 322 g/mol. The van der Waals surface area contributed by atoms with E-state index in [-0.39, 0.29) is 11.3 Å². The van der Waals surface area contributed by atoms with Crippen LogP contribution in [0.25, 0.3) is 6.08 Å². The lowest BCUT2D eigenvalue weighted by molar-refractivity contribution is -0.122. The van der Waals surface area contributed by atoms with E-state index in [4.69, 9.17) is 0 Å². The van der Waals surface area contributed by atoms with E-state index in [9.17, 15) is 19.5 Å². The second-order valence-electron chi connectivity index (χ2n) is 5.39. The Morgan fingerprint density at radius 1 is 1.04 bits per heavy atom. The van der Waals surface area contributed by atoms with Crippen molar-refractivity contribution in [3.8, 4) is 5.75 Å². The van der Waals surface area contributed by atoms with Crippen molar-refractivity contribution in [3.63, 3.8) is 0 Å². The Morgan fingerprint density at radius 3 is 2.50 bits per heavy atom. The standard InChI is InChI=1S/C18H14N2O4/c1-11-4-2-6-13(8-11)20-17(23)15(16(22)19-18(20)24)10-12-5-3-7-14(21)9-12/h2-10,21H,1H3,(H,19,22,24)/b15-10+. The molecule has 0 unspecified atom stereocenters. The van der Waals surface area contributed by atoms with Gasteiger partial charge in [-0.1, -0.05) is 24.3 Å². The number of barbiturate groups is 1. The van der Waals surface area contributed by atoms with Crippen molar-refractivity contribution < 1.29 is 19.5 Å². The summed E-state index contributed by atoms with van der Waals surface area (Å²) in [4.78, 5) is 37.7. The number of carbonyl (C=O) groups is 3. The van der Waals surface area contributed by atoms with Gasteiger partial charge in [0.1, 0.15) is 11.3 Å². The molecule has 0 spiro atoms. The second-order valence-corrected chi connectivity index (χ2v) is 5.39. The first-order valence-electron chi connectivity index (χ1n) is 7.23. The molecule has 2 aromatic carbocycles. The number of benzene rings is 2. The minimum absolute atomic E-state index is 0.0135. The molecule has 0 aromatic heterocycles. The highest BCUT2D eigenvalue weighted by Gasteiger charge is 2.36. The van der Waals surface area contributed by atoms with Crippen LogP contribution in [0.2, 0.25) is 0 Å². The summed E-state index contributed by atoms with van der Waals surface area (Å²) in [6, 6.07) is 12.2. The molecule has 0 aliphatic carbocycles. The number of hydrogen-bond donors (Lipinski definition) is 2. The van der Waals surface area contributed by atoms with E-state index in [0.29, 0.717) is 11.3 Å². The molecule has 1 aliphatic rings. The lowest BCUT2D eigenvalue weighted by atomic mass is 10.1. The van der Waals surface area contributed by atoms with Crippen LogP contribution in [-0.2, 0) is 9.59 Å². The molecule has 0 atom stereocenters. The zero-order chi connectivity index (χ0) is 17.3. The van der Waals surface area contributed by atoms with Gasteiger partial charge >= 0.3 is 6.03 Å². The number of rotatable bonds is 2. The largest absolute Gasteiger partial charge is 0.508 e. The van der Waals surface area contributed by atoms with Gasteiger partial charge in [0.2, 0.25) is 0 Å². The fraction of sp³-hybridized carbons (Fsp3) is 0.0556. The Kier molecular flexibility index (Phi) is 3.87. The maximum Gasteiger partial charge on any atom is 0.335 e. The quantitative estimate of drug-likeness (QED) is 0.656. The van der Waals surface area contributed by atoms with Gasteiger partial charge in [0.25, 0.3) is 11.8 Å². The van der Waals surface area contributed by atoms with E-state index in [1.807, 2.05) is 13.0 Å². The first kappa shape index (κ1) is 15.5. The summed E-state index contributed by atoms with van der Waals surface area (Å²) in [6.45, 7) is 1.84. The van der Waals surface area contributed by atoms with Crippen LogP contribution >= 0.6 is 0 Å². The molecule has 0 bridgehead atoms. The lowest BCUT2D eigenvalue weighted by Gasteiger charge is -2.26. The number of imide groups is 2. The van der Waals surface area contributed by atoms with E-state index in [1.165, 1.54) is 18.2 Å². The van der Waals surface area contributed by atoms with Crippen molar-refractivity contribution in [1.29, 1.82) is 0 Å². The summed E-state index contributed by atoms with van der Waals surface area (Å²) in [5.74, 6) is -1.46. The van der Waals surface area contributed by atoms with Crippen LogP contribution in [0.15, 0.2) is 54.1 Å². The van der Waals surface area contributed by atoms with Gasteiger partial charge in [-0.3, -0.25) is 14.9 Å². The number of amides is 4. The molecule has 120 valence electrons. The van der Waals surface area contributed by atoms with Crippen molar-refractivity contribution in [2.75, 3.05) is 4.90 Å². The van der Waals surface area contributed by atoms with Crippen molar-refractivity contribution in [2.24, 2.45) is 0 Å². The number of phenols is 1. The minimum Gasteiger partial charge on any atom is -0.508 e. The Hall–Kier alpha value is -3.41. The average molecular weight is 322 g/mol. The third-order valence-electron chi connectivity index (χ3n) is 3.54. The zero-order valence-corrected chi connectivity index (χ0v) is 12.8. The van der Waals surface area contributed by atoms with Crippen LogP contribution in [0.1, 0.15) is 11.1 Å². The van der Waals surface area contributed by atoms with Crippen molar-refractivity contribution in [1.82, 2.24) is 5.32 Å². The highest BCUT2D eigenvalue weighted by atomic mass is 16.3. The Labute approximate surface area is 138 Å². The number of carbonyl (C=O) groups excluding carboxylic acids is 3. The van der Waals surface area contributed by atoms with Gasteiger partial charge in [-0.05, 0) is 48.4 Å². The predicted octanol–water partition coefficient (Wildman–Crippen LogP) is 2.37. The summed E-state index contributed by atoms with van der Waals surface area (Å²) in [6.07, 6.45) is 1.34. The summed E-state index contributed by atoms with van der Waals surface area (Å²) < 4.78 is 0. The number of anilines is 1. The molecule has 24 heavy (non-hydrogen) atoms. The maximum absolute atomic E-state index is 12.7. The number of aryl methyl sites for hydroxylation is 1. The van der Waals surface area contributed by atoms with Crippen LogP contribution in [-0.4, -0.2) is 23.0 Å². The van der Waals surface area contributed by atoms with E-state index in [0.717, 1.165) is 10.5 Å². The molecule has 1 fully saturated rings. The molecule has 2 aromatic rings. The van der Waals surface area contributed by atoms with Gasteiger partial charge in [0, 0.05) is 0 Å². The fourth-order valence-corrected chi connectivity index (χ4v) is 2.44. The summed E-state index contributed by atoms with van der Waals surface area (Å²) in [7, 11) is 0. The van der Waals surface area contributed by atoms with Crippen molar-refractivity contribution in [3.05, 3.63) is 65.2 Å². The highest BCUT2D eigenvalue weighted by molar-refractivity contribution is 6.39. The SMILES string of the molecule is Cc1cccc(N2C(=O)NC(=O)/C(=C\c3cccc(O)c3)C2=O)c1. The molecule has 2 N–H and O–H groups in total. The Bertz CT molecular complexity index is 886. The topological polar surface area (TPSA) is 86.7 Å². The van der Waals surface area contributed by atoms with Crippen LogP contribution in [0.4, 0.5) is 10.5 Å². The lowest BCUT2D eigenvalue weighted by Crippen LogP contribution is -2.54. The van der Waals surface area contributed by atoms with E-state index < -0.39 is 17.8 Å². The Morgan fingerprint density at radius 2 is 1.79 bits per heavy atom. The molecule has 6 heteroatoms. The Balaban J connectivity index is 2.03. The molecule has 6 nitrogen and oxygen atoms in total. The molecule has 1 saturated heterocycles. The van der Waals surface area contributed by atoms with Crippen LogP contribution in [0, 0.1) is 6.92 Å². The summed E-state index contributed by atoms with van der Waals surface area (Å²) in [5, 5.41) is 11.7. The molecule has 3 rings (SSSR count). The van der Waals surface area contributed by atoms with Crippen LogP contribution in [0.5, 0.6) is 5.75 Å². The third kappa shape index (κ3) is 2.89. The van der Waals surface area contributed by atoms with Crippen molar-refractivity contribution in [2.45, 2.75) is 6.92 Å².